The van der Waals surface area contributed by atoms with Crippen LogP contribution in [0.15, 0.2) is 35.7 Å². The van der Waals surface area contributed by atoms with E-state index in [2.05, 4.69) is 14.9 Å². The number of sulfonamides is 1. The lowest BCUT2D eigenvalue weighted by Gasteiger charge is -2.02. The quantitative estimate of drug-likeness (QED) is 0.802. The summed E-state index contributed by atoms with van der Waals surface area (Å²) in [6.45, 7) is 0. The third-order valence-electron chi connectivity index (χ3n) is 1.87. The molecule has 0 amide bonds. The van der Waals surface area contributed by atoms with Crippen LogP contribution in [0, 0.1) is 0 Å². The predicted octanol–water partition coefficient (Wildman–Crippen LogP) is 0.549. The van der Waals surface area contributed by atoms with Gasteiger partial charge in [0.1, 0.15) is 4.90 Å². The predicted molar refractivity (Wildman–Crippen MR) is 54.8 cm³/mol. The van der Waals surface area contributed by atoms with Crippen LogP contribution in [-0.2, 0) is 17.1 Å². The summed E-state index contributed by atoms with van der Waals surface area (Å²) in [5, 5.41) is 6.17. The maximum Gasteiger partial charge on any atom is 0.263 e. The summed E-state index contributed by atoms with van der Waals surface area (Å²) < 4.78 is 27.6. The zero-order valence-electron chi connectivity index (χ0n) is 8.01. The number of rotatable bonds is 3. The lowest BCUT2D eigenvalue weighted by Crippen LogP contribution is -2.11. The van der Waals surface area contributed by atoms with Gasteiger partial charge in [0.15, 0.2) is 0 Å². The minimum absolute atomic E-state index is 0.228. The fourth-order valence-electron chi connectivity index (χ4n) is 1.16. The molecule has 0 bridgehead atoms. The summed E-state index contributed by atoms with van der Waals surface area (Å²) in [5.74, 6) is 0. The number of aryl methyl sites for hydroxylation is 1. The highest BCUT2D eigenvalue weighted by Crippen LogP contribution is 2.14. The highest BCUT2D eigenvalue weighted by Gasteiger charge is 2.15. The second-order valence-electron chi connectivity index (χ2n) is 3.11. The number of hydrogen-bond acceptors (Lipinski definition) is 3. The molecule has 7 heteroatoms. The average molecular weight is 226 g/mol. The Kier molecular flexibility index (Phi) is 2.24. The van der Waals surface area contributed by atoms with E-state index in [-0.39, 0.29) is 4.90 Å². The van der Waals surface area contributed by atoms with E-state index < -0.39 is 10.0 Å². The van der Waals surface area contributed by atoms with Crippen LogP contribution in [0.4, 0.5) is 5.69 Å². The van der Waals surface area contributed by atoms with Gasteiger partial charge in [-0.15, -0.1) is 0 Å². The van der Waals surface area contributed by atoms with E-state index in [0.717, 1.165) is 0 Å². The number of anilines is 1. The second-order valence-corrected chi connectivity index (χ2v) is 4.79. The first-order valence-corrected chi connectivity index (χ1v) is 5.70. The molecule has 2 aromatic rings. The van der Waals surface area contributed by atoms with Crippen molar-refractivity contribution in [3.63, 3.8) is 0 Å². The first-order valence-electron chi connectivity index (χ1n) is 4.21. The highest BCUT2D eigenvalue weighted by molar-refractivity contribution is 7.92. The van der Waals surface area contributed by atoms with Crippen molar-refractivity contribution >= 4 is 15.7 Å². The molecule has 0 saturated heterocycles. The van der Waals surface area contributed by atoms with Crippen LogP contribution in [0.1, 0.15) is 0 Å². The Hall–Kier alpha value is -1.76. The van der Waals surface area contributed by atoms with Crippen molar-refractivity contribution in [3.8, 4) is 0 Å². The second kappa shape index (κ2) is 3.43. The van der Waals surface area contributed by atoms with Gasteiger partial charge >= 0.3 is 0 Å². The summed E-state index contributed by atoms with van der Waals surface area (Å²) in [5.41, 5.74) is 0.416. The monoisotopic (exact) mass is 226 g/mol. The van der Waals surface area contributed by atoms with Gasteiger partial charge in [-0.05, 0) is 6.07 Å². The molecule has 0 aliphatic rings. The molecule has 6 nitrogen and oxygen atoms in total. The molecule has 0 aromatic carbocycles. The third-order valence-corrected chi connectivity index (χ3v) is 3.23. The lowest BCUT2D eigenvalue weighted by molar-refractivity contribution is 0.601. The molecule has 2 aromatic heterocycles. The molecule has 0 atom stereocenters. The molecule has 15 heavy (non-hydrogen) atoms. The van der Waals surface area contributed by atoms with Crippen molar-refractivity contribution in [3.05, 3.63) is 30.9 Å². The van der Waals surface area contributed by atoms with Crippen LogP contribution in [-0.4, -0.2) is 23.2 Å². The van der Waals surface area contributed by atoms with E-state index in [0.29, 0.717) is 5.69 Å². The summed E-state index contributed by atoms with van der Waals surface area (Å²) >= 11 is 0. The standard InChI is InChI=1S/C8H10N4O2S/c1-12-3-2-8(6-12)15(13,14)11-7-4-9-10-5-7/h2-6,11H,1H3,(H,9,10). The molecular formula is C8H10N4O2S. The fourth-order valence-corrected chi connectivity index (χ4v) is 2.24. The number of H-pyrrole nitrogens is 1. The molecular weight excluding hydrogens is 216 g/mol. The molecule has 80 valence electrons. The summed E-state index contributed by atoms with van der Waals surface area (Å²) in [7, 11) is -1.73. The summed E-state index contributed by atoms with van der Waals surface area (Å²) in [6.07, 6.45) is 6.08. The fraction of sp³-hybridized carbons (Fsp3) is 0.125. The molecule has 0 aliphatic carbocycles. The number of hydrogen-bond donors (Lipinski definition) is 2. The largest absolute Gasteiger partial charge is 0.356 e. The Balaban J connectivity index is 2.28. The van der Waals surface area contributed by atoms with Crippen LogP contribution < -0.4 is 4.72 Å². The summed E-state index contributed by atoms with van der Waals surface area (Å²) in [6, 6.07) is 1.53. The molecule has 0 radical (unpaired) electrons. The van der Waals surface area contributed by atoms with E-state index >= 15 is 0 Å². The average Bonchev–Trinajstić information content (AvgIpc) is 2.75. The Bertz CT molecular complexity index is 541. The number of aromatic nitrogens is 3. The van der Waals surface area contributed by atoms with Crippen molar-refractivity contribution in [1.29, 1.82) is 0 Å². The Labute approximate surface area is 87.0 Å². The zero-order valence-corrected chi connectivity index (χ0v) is 8.82. The molecule has 0 unspecified atom stereocenters. The van der Waals surface area contributed by atoms with Crippen molar-refractivity contribution in [2.24, 2.45) is 7.05 Å². The smallest absolute Gasteiger partial charge is 0.263 e. The Morgan fingerprint density at radius 2 is 2.33 bits per heavy atom. The Morgan fingerprint density at radius 1 is 1.53 bits per heavy atom. The Morgan fingerprint density at radius 3 is 2.87 bits per heavy atom. The van der Waals surface area contributed by atoms with Gasteiger partial charge in [0.25, 0.3) is 10.0 Å². The van der Waals surface area contributed by atoms with Crippen molar-refractivity contribution in [2.45, 2.75) is 4.90 Å². The third kappa shape index (κ3) is 2.01. The molecule has 0 aliphatic heterocycles. The van der Waals surface area contributed by atoms with E-state index in [9.17, 15) is 8.42 Å². The van der Waals surface area contributed by atoms with E-state index in [4.69, 9.17) is 0 Å². The normalized spacial score (nSPS) is 11.5. The van der Waals surface area contributed by atoms with Gasteiger partial charge in [-0.1, -0.05) is 0 Å². The maximum atomic E-state index is 11.7. The van der Waals surface area contributed by atoms with Crippen LogP contribution >= 0.6 is 0 Å². The summed E-state index contributed by atoms with van der Waals surface area (Å²) in [4.78, 5) is 0.228. The van der Waals surface area contributed by atoms with Gasteiger partial charge in [0.05, 0.1) is 11.9 Å². The highest BCUT2D eigenvalue weighted by atomic mass is 32.2. The minimum atomic E-state index is -3.49. The van der Waals surface area contributed by atoms with Gasteiger partial charge < -0.3 is 4.57 Å². The molecule has 0 spiro atoms. The van der Waals surface area contributed by atoms with E-state index in [1.807, 2.05) is 0 Å². The van der Waals surface area contributed by atoms with Gasteiger partial charge in [0, 0.05) is 25.6 Å². The number of nitrogens with one attached hydrogen (secondary N) is 2. The van der Waals surface area contributed by atoms with Gasteiger partial charge in [-0.25, -0.2) is 8.42 Å². The van der Waals surface area contributed by atoms with E-state index in [1.54, 1.807) is 17.8 Å². The lowest BCUT2D eigenvalue weighted by atomic mass is 10.6. The molecule has 0 saturated carbocycles. The molecule has 2 N–H and O–H groups in total. The number of aromatic amines is 1. The molecule has 2 rings (SSSR count). The van der Waals surface area contributed by atoms with Gasteiger partial charge in [-0.2, -0.15) is 5.10 Å². The first-order chi connectivity index (χ1) is 7.08. The minimum Gasteiger partial charge on any atom is -0.356 e. The van der Waals surface area contributed by atoms with Crippen LogP contribution in [0.3, 0.4) is 0 Å². The van der Waals surface area contributed by atoms with Crippen LogP contribution in [0.25, 0.3) is 0 Å². The van der Waals surface area contributed by atoms with Gasteiger partial charge in [0.2, 0.25) is 0 Å². The topological polar surface area (TPSA) is 79.8 Å². The number of nitrogens with zero attached hydrogens (tertiary/aromatic N) is 2. The first kappa shape index (κ1) is 9.78. The van der Waals surface area contributed by atoms with Crippen molar-refractivity contribution < 1.29 is 8.42 Å². The zero-order chi connectivity index (χ0) is 10.9. The SMILES string of the molecule is Cn1ccc(S(=O)(=O)Nc2cn[nH]c2)c1. The maximum absolute atomic E-state index is 11.7. The molecule has 0 fully saturated rings. The van der Waals surface area contributed by atoms with Crippen LogP contribution in [0.2, 0.25) is 0 Å². The van der Waals surface area contributed by atoms with Crippen molar-refractivity contribution in [1.82, 2.24) is 14.8 Å². The van der Waals surface area contributed by atoms with E-state index in [1.165, 1.54) is 24.7 Å². The van der Waals surface area contributed by atoms with Crippen LogP contribution in [0.5, 0.6) is 0 Å². The molecule has 2 heterocycles. The van der Waals surface area contributed by atoms with Crippen molar-refractivity contribution in [2.75, 3.05) is 4.72 Å². The van der Waals surface area contributed by atoms with Gasteiger partial charge in [-0.3, -0.25) is 9.82 Å².